The zero-order valence-corrected chi connectivity index (χ0v) is 11.4. The maximum absolute atomic E-state index is 12.1. The van der Waals surface area contributed by atoms with Crippen molar-refractivity contribution in [3.8, 4) is 0 Å². The molecule has 0 bridgehead atoms. The van der Waals surface area contributed by atoms with Crippen molar-refractivity contribution in [1.82, 2.24) is 19.1 Å². The van der Waals surface area contributed by atoms with Crippen LogP contribution in [-0.2, 0) is 6.54 Å². The Morgan fingerprint density at radius 3 is 2.95 bits per heavy atom. The molecule has 2 N–H and O–H groups in total. The lowest BCUT2D eigenvalue weighted by Gasteiger charge is -2.14. The summed E-state index contributed by atoms with van der Waals surface area (Å²) in [5.41, 5.74) is 1.13. The van der Waals surface area contributed by atoms with Gasteiger partial charge in [0.05, 0.1) is 29.0 Å². The van der Waals surface area contributed by atoms with Crippen LogP contribution >= 0.6 is 0 Å². The first-order valence-electron chi connectivity index (χ1n) is 6.49. The number of carbonyl (C=O) groups is 1. The van der Waals surface area contributed by atoms with E-state index in [9.17, 15) is 9.59 Å². The number of rotatable bonds is 4. The Hall–Kier alpha value is -2.83. The summed E-state index contributed by atoms with van der Waals surface area (Å²) in [6.07, 6.45) is 5.17. The number of benzene rings is 1. The largest absolute Gasteiger partial charge is 0.478 e. The number of carboxylic acid groups (broad SMARTS) is 1. The van der Waals surface area contributed by atoms with Gasteiger partial charge in [0.2, 0.25) is 0 Å². The summed E-state index contributed by atoms with van der Waals surface area (Å²) in [6, 6.07) is 4.47. The molecule has 2 heterocycles. The molecule has 0 spiro atoms. The van der Waals surface area contributed by atoms with E-state index in [0.29, 0.717) is 17.6 Å². The zero-order valence-electron chi connectivity index (χ0n) is 11.4. The van der Waals surface area contributed by atoms with Gasteiger partial charge in [0.1, 0.15) is 0 Å². The number of aromatic amines is 1. The molecule has 108 valence electrons. The fraction of sp³-hybridized carbons (Fsp3) is 0.214. The molecule has 0 fully saturated rings. The summed E-state index contributed by atoms with van der Waals surface area (Å²) in [5, 5.41) is 9.08. The van der Waals surface area contributed by atoms with Crippen LogP contribution in [0.25, 0.3) is 11.0 Å². The Kier molecular flexibility index (Phi) is 3.09. The van der Waals surface area contributed by atoms with Crippen LogP contribution in [0.1, 0.15) is 23.3 Å². The van der Waals surface area contributed by atoms with Crippen LogP contribution in [-0.4, -0.2) is 30.2 Å². The Morgan fingerprint density at radius 2 is 2.29 bits per heavy atom. The summed E-state index contributed by atoms with van der Waals surface area (Å²) in [7, 11) is 0. The summed E-state index contributed by atoms with van der Waals surface area (Å²) in [5.74, 6) is -1.01. The molecule has 0 saturated carbocycles. The van der Waals surface area contributed by atoms with E-state index < -0.39 is 5.97 Å². The molecule has 0 radical (unpaired) electrons. The van der Waals surface area contributed by atoms with Crippen LogP contribution in [0, 0.1) is 0 Å². The average Bonchev–Trinajstić information content (AvgIpc) is 3.03. The number of imidazole rings is 2. The minimum Gasteiger partial charge on any atom is -0.478 e. The second-order valence-corrected chi connectivity index (χ2v) is 4.95. The van der Waals surface area contributed by atoms with Gasteiger partial charge in [-0.05, 0) is 25.1 Å². The van der Waals surface area contributed by atoms with Gasteiger partial charge in [0.15, 0.2) is 0 Å². The van der Waals surface area contributed by atoms with E-state index in [-0.39, 0.29) is 17.3 Å². The van der Waals surface area contributed by atoms with Crippen LogP contribution < -0.4 is 5.69 Å². The number of carboxylic acids is 1. The Labute approximate surface area is 119 Å². The number of aromatic carboxylic acids is 1. The minimum atomic E-state index is -1.01. The van der Waals surface area contributed by atoms with Crippen LogP contribution in [0.5, 0.6) is 0 Å². The number of H-pyrrole nitrogens is 1. The van der Waals surface area contributed by atoms with E-state index in [0.717, 1.165) is 0 Å². The van der Waals surface area contributed by atoms with Crippen LogP contribution in [0.4, 0.5) is 0 Å². The Balaban J connectivity index is 2.08. The second kappa shape index (κ2) is 4.93. The summed E-state index contributed by atoms with van der Waals surface area (Å²) < 4.78 is 3.44. The monoisotopic (exact) mass is 286 g/mol. The van der Waals surface area contributed by atoms with Crippen molar-refractivity contribution in [2.45, 2.75) is 19.5 Å². The molecule has 3 aromatic rings. The molecule has 1 atom stereocenters. The van der Waals surface area contributed by atoms with E-state index in [1.807, 2.05) is 17.7 Å². The molecule has 0 aliphatic rings. The Bertz CT molecular complexity index is 845. The summed E-state index contributed by atoms with van der Waals surface area (Å²) in [6.45, 7) is 2.48. The van der Waals surface area contributed by atoms with Gasteiger partial charge in [-0.2, -0.15) is 0 Å². The van der Waals surface area contributed by atoms with Gasteiger partial charge in [-0.1, -0.05) is 0 Å². The molecule has 0 aliphatic carbocycles. The van der Waals surface area contributed by atoms with Gasteiger partial charge in [0.25, 0.3) is 0 Å². The highest BCUT2D eigenvalue weighted by Crippen LogP contribution is 2.18. The number of nitrogens with zero attached hydrogens (tertiary/aromatic N) is 3. The first-order valence-corrected chi connectivity index (χ1v) is 6.49. The molecule has 0 amide bonds. The second-order valence-electron chi connectivity index (χ2n) is 4.95. The fourth-order valence-corrected chi connectivity index (χ4v) is 2.47. The SMILES string of the molecule is CC(Cn1ccnc1)n1c(=O)[nH]c2ccc(C(=O)O)cc21. The molecular formula is C14H14N4O3. The van der Waals surface area contributed by atoms with E-state index >= 15 is 0 Å². The number of hydrogen-bond acceptors (Lipinski definition) is 3. The standard InChI is InChI=1S/C14H14N4O3/c1-9(7-17-5-4-15-8-17)18-12-6-10(13(19)20)2-3-11(12)16-14(18)21/h2-6,8-9H,7H2,1H3,(H,16,21)(H,19,20). The molecule has 21 heavy (non-hydrogen) atoms. The molecule has 0 saturated heterocycles. The lowest BCUT2D eigenvalue weighted by Crippen LogP contribution is -2.23. The van der Waals surface area contributed by atoms with Crippen molar-refractivity contribution >= 4 is 17.0 Å². The number of hydrogen-bond donors (Lipinski definition) is 2. The van der Waals surface area contributed by atoms with Crippen molar-refractivity contribution < 1.29 is 9.90 Å². The Morgan fingerprint density at radius 1 is 1.48 bits per heavy atom. The van der Waals surface area contributed by atoms with E-state index in [1.165, 1.54) is 12.1 Å². The van der Waals surface area contributed by atoms with E-state index in [1.54, 1.807) is 23.2 Å². The van der Waals surface area contributed by atoms with Gasteiger partial charge < -0.3 is 14.7 Å². The maximum atomic E-state index is 12.1. The van der Waals surface area contributed by atoms with E-state index in [2.05, 4.69) is 9.97 Å². The van der Waals surface area contributed by atoms with Crippen LogP contribution in [0.2, 0.25) is 0 Å². The number of nitrogens with one attached hydrogen (secondary N) is 1. The predicted octanol–water partition coefficient (Wildman–Crippen LogP) is 1.49. The first kappa shape index (κ1) is 13.2. The molecule has 0 aliphatic heterocycles. The van der Waals surface area contributed by atoms with Crippen LogP contribution in [0.3, 0.4) is 0 Å². The third-order valence-electron chi connectivity index (χ3n) is 3.44. The number of aromatic nitrogens is 4. The maximum Gasteiger partial charge on any atom is 0.335 e. The minimum absolute atomic E-state index is 0.135. The third-order valence-corrected chi connectivity index (χ3v) is 3.44. The summed E-state index contributed by atoms with van der Waals surface area (Å²) >= 11 is 0. The fourth-order valence-electron chi connectivity index (χ4n) is 2.47. The van der Waals surface area contributed by atoms with Crippen molar-refractivity contribution in [3.05, 3.63) is 53.0 Å². The van der Waals surface area contributed by atoms with Crippen LogP contribution in [0.15, 0.2) is 41.7 Å². The van der Waals surface area contributed by atoms with Gasteiger partial charge in [-0.3, -0.25) is 4.57 Å². The zero-order chi connectivity index (χ0) is 15.0. The van der Waals surface area contributed by atoms with Crippen molar-refractivity contribution in [2.24, 2.45) is 0 Å². The third kappa shape index (κ3) is 2.33. The van der Waals surface area contributed by atoms with Gasteiger partial charge in [0, 0.05) is 18.9 Å². The molecule has 7 heteroatoms. The number of fused-ring (bicyclic) bond motifs is 1. The van der Waals surface area contributed by atoms with Gasteiger partial charge in [-0.15, -0.1) is 0 Å². The lowest BCUT2D eigenvalue weighted by atomic mass is 10.2. The molecule has 2 aromatic heterocycles. The highest BCUT2D eigenvalue weighted by molar-refractivity contribution is 5.92. The molecule has 1 aromatic carbocycles. The first-order chi connectivity index (χ1) is 10.1. The average molecular weight is 286 g/mol. The highest BCUT2D eigenvalue weighted by Gasteiger charge is 2.15. The molecular weight excluding hydrogens is 272 g/mol. The van der Waals surface area contributed by atoms with Gasteiger partial charge in [-0.25, -0.2) is 14.6 Å². The summed E-state index contributed by atoms with van der Waals surface area (Å²) in [4.78, 5) is 29.9. The highest BCUT2D eigenvalue weighted by atomic mass is 16.4. The quantitative estimate of drug-likeness (QED) is 0.759. The molecule has 1 unspecified atom stereocenters. The smallest absolute Gasteiger partial charge is 0.335 e. The molecule has 3 rings (SSSR count). The lowest BCUT2D eigenvalue weighted by molar-refractivity contribution is 0.0697. The van der Waals surface area contributed by atoms with Gasteiger partial charge >= 0.3 is 11.7 Å². The van der Waals surface area contributed by atoms with Crippen molar-refractivity contribution in [2.75, 3.05) is 0 Å². The van der Waals surface area contributed by atoms with E-state index in [4.69, 9.17) is 5.11 Å². The molecule has 7 nitrogen and oxygen atoms in total. The normalized spacial score (nSPS) is 12.6. The predicted molar refractivity (Wildman–Crippen MR) is 76.5 cm³/mol. The van der Waals surface area contributed by atoms with Crippen molar-refractivity contribution in [3.63, 3.8) is 0 Å². The topological polar surface area (TPSA) is 92.9 Å². The van der Waals surface area contributed by atoms with Crippen molar-refractivity contribution in [1.29, 1.82) is 0 Å².